The predicted octanol–water partition coefficient (Wildman–Crippen LogP) is 5.12. The Morgan fingerprint density at radius 3 is 2.63 bits per heavy atom. The molecule has 5 rings (SSSR count). The normalized spacial score (nSPS) is 15.6. The SMILES string of the molecule is c1ccc(-n2cc(CNC[C@@H](c3ccco3)N3CCCC3)c(-c3cccs3)n2)cc1. The number of aromatic nitrogens is 2. The maximum Gasteiger partial charge on any atom is 0.122 e. The second-order valence-corrected chi connectivity index (χ2v) is 8.61. The number of nitrogens with one attached hydrogen (secondary N) is 1. The van der Waals surface area contributed by atoms with Gasteiger partial charge >= 0.3 is 0 Å². The molecule has 1 aliphatic heterocycles. The third-order valence-electron chi connectivity index (χ3n) is 5.67. The highest BCUT2D eigenvalue weighted by Crippen LogP contribution is 2.29. The molecule has 0 saturated carbocycles. The Bertz CT molecular complexity index is 1030. The van der Waals surface area contributed by atoms with E-state index in [0.29, 0.717) is 0 Å². The molecule has 6 heteroatoms. The van der Waals surface area contributed by atoms with Gasteiger partial charge in [-0.05, 0) is 61.6 Å². The maximum absolute atomic E-state index is 5.76. The Morgan fingerprint density at radius 2 is 1.90 bits per heavy atom. The third-order valence-corrected chi connectivity index (χ3v) is 6.55. The van der Waals surface area contributed by atoms with Crippen LogP contribution in [0.15, 0.2) is 76.9 Å². The van der Waals surface area contributed by atoms with Crippen molar-refractivity contribution in [1.29, 1.82) is 0 Å². The van der Waals surface area contributed by atoms with E-state index in [1.54, 1.807) is 17.6 Å². The summed E-state index contributed by atoms with van der Waals surface area (Å²) in [4.78, 5) is 3.72. The van der Waals surface area contributed by atoms with Crippen LogP contribution in [-0.2, 0) is 6.54 Å². The van der Waals surface area contributed by atoms with E-state index in [0.717, 1.165) is 43.3 Å². The zero-order valence-electron chi connectivity index (χ0n) is 16.9. The third kappa shape index (κ3) is 4.12. The van der Waals surface area contributed by atoms with E-state index < -0.39 is 0 Å². The van der Waals surface area contributed by atoms with Crippen molar-refractivity contribution >= 4 is 11.3 Å². The topological polar surface area (TPSA) is 46.2 Å². The predicted molar refractivity (Wildman–Crippen MR) is 121 cm³/mol. The van der Waals surface area contributed by atoms with E-state index in [-0.39, 0.29) is 6.04 Å². The lowest BCUT2D eigenvalue weighted by atomic mass is 10.1. The summed E-state index contributed by atoms with van der Waals surface area (Å²) in [5.41, 5.74) is 3.34. The Labute approximate surface area is 181 Å². The number of para-hydroxylation sites is 1. The fourth-order valence-electron chi connectivity index (χ4n) is 4.16. The standard InChI is InChI=1S/C24H26N4OS/c1-2-8-20(9-3-1)28-18-19(24(26-28)23-11-7-15-30-23)16-25-17-21(22-10-6-14-29-22)27-12-4-5-13-27/h1-3,6-11,14-15,18,21,25H,4-5,12-13,16-17H2/t21-/m0/s1. The highest BCUT2D eigenvalue weighted by molar-refractivity contribution is 7.13. The second-order valence-electron chi connectivity index (χ2n) is 7.67. The van der Waals surface area contributed by atoms with Gasteiger partial charge in [0.05, 0.1) is 22.9 Å². The second kappa shape index (κ2) is 9.00. The Kier molecular flexibility index (Phi) is 5.79. The number of thiophene rings is 1. The summed E-state index contributed by atoms with van der Waals surface area (Å²) < 4.78 is 7.74. The summed E-state index contributed by atoms with van der Waals surface area (Å²) >= 11 is 1.73. The van der Waals surface area contributed by atoms with E-state index in [2.05, 4.69) is 52.1 Å². The number of rotatable bonds is 8. The minimum Gasteiger partial charge on any atom is -0.468 e. The molecule has 0 radical (unpaired) electrons. The number of benzene rings is 1. The monoisotopic (exact) mass is 418 g/mol. The first-order valence-electron chi connectivity index (χ1n) is 10.5. The van der Waals surface area contributed by atoms with Crippen LogP contribution in [0.3, 0.4) is 0 Å². The molecule has 0 aliphatic carbocycles. The van der Waals surface area contributed by atoms with Crippen molar-refractivity contribution in [1.82, 2.24) is 20.0 Å². The van der Waals surface area contributed by atoms with Gasteiger partial charge in [-0.3, -0.25) is 4.90 Å². The molecule has 1 fully saturated rings. The van der Waals surface area contributed by atoms with Crippen molar-refractivity contribution < 1.29 is 4.42 Å². The first-order valence-corrected chi connectivity index (χ1v) is 11.4. The van der Waals surface area contributed by atoms with Crippen LogP contribution in [0.4, 0.5) is 0 Å². The maximum atomic E-state index is 5.76. The zero-order valence-corrected chi connectivity index (χ0v) is 17.7. The van der Waals surface area contributed by atoms with Gasteiger partial charge in [0, 0.05) is 24.8 Å². The lowest BCUT2D eigenvalue weighted by molar-refractivity contribution is 0.209. The molecule has 1 N–H and O–H groups in total. The van der Waals surface area contributed by atoms with Gasteiger partial charge in [-0.15, -0.1) is 11.3 Å². The molecule has 0 bridgehead atoms. The Morgan fingerprint density at radius 1 is 1.03 bits per heavy atom. The summed E-state index contributed by atoms with van der Waals surface area (Å²) in [6.45, 7) is 3.90. The van der Waals surface area contributed by atoms with Crippen LogP contribution in [0, 0.1) is 0 Å². The first kappa shape index (κ1) is 19.3. The van der Waals surface area contributed by atoms with Crippen molar-refractivity contribution in [2.24, 2.45) is 0 Å². The van der Waals surface area contributed by atoms with Crippen molar-refractivity contribution in [3.63, 3.8) is 0 Å². The average molecular weight is 419 g/mol. The van der Waals surface area contributed by atoms with Crippen molar-refractivity contribution in [3.8, 4) is 16.3 Å². The number of furan rings is 1. The quantitative estimate of drug-likeness (QED) is 0.431. The lowest BCUT2D eigenvalue weighted by Crippen LogP contribution is -2.33. The highest BCUT2D eigenvalue weighted by atomic mass is 32.1. The molecule has 1 atom stereocenters. The van der Waals surface area contributed by atoms with E-state index in [9.17, 15) is 0 Å². The van der Waals surface area contributed by atoms with Gasteiger partial charge in [-0.1, -0.05) is 24.3 Å². The fourth-order valence-corrected chi connectivity index (χ4v) is 4.90. The minimum absolute atomic E-state index is 0.275. The summed E-state index contributed by atoms with van der Waals surface area (Å²) in [5.74, 6) is 1.04. The van der Waals surface area contributed by atoms with Gasteiger partial charge in [0.1, 0.15) is 11.5 Å². The van der Waals surface area contributed by atoms with Crippen LogP contribution < -0.4 is 5.32 Å². The average Bonchev–Trinajstić information content (AvgIpc) is 3.58. The summed E-state index contributed by atoms with van der Waals surface area (Å²) in [6, 6.07) is 18.9. The molecular weight excluding hydrogens is 392 g/mol. The van der Waals surface area contributed by atoms with E-state index in [1.807, 2.05) is 28.9 Å². The molecule has 4 aromatic rings. The van der Waals surface area contributed by atoms with Crippen molar-refractivity contribution in [3.05, 3.63) is 83.8 Å². The van der Waals surface area contributed by atoms with Crippen LogP contribution >= 0.6 is 11.3 Å². The highest BCUT2D eigenvalue weighted by Gasteiger charge is 2.25. The molecule has 1 aliphatic rings. The molecule has 1 aromatic carbocycles. The van der Waals surface area contributed by atoms with Crippen LogP contribution in [0.2, 0.25) is 0 Å². The van der Waals surface area contributed by atoms with E-state index >= 15 is 0 Å². The Balaban J connectivity index is 1.35. The molecule has 0 unspecified atom stereocenters. The fraction of sp³-hybridized carbons (Fsp3) is 0.292. The number of likely N-dealkylation sites (tertiary alicyclic amines) is 1. The molecular formula is C24H26N4OS. The zero-order chi connectivity index (χ0) is 20.2. The molecule has 0 spiro atoms. The molecule has 0 amide bonds. The van der Waals surface area contributed by atoms with Gasteiger partial charge in [0.25, 0.3) is 0 Å². The van der Waals surface area contributed by atoms with Gasteiger partial charge in [-0.25, -0.2) is 4.68 Å². The number of nitrogens with zero attached hydrogens (tertiary/aromatic N) is 3. The molecule has 1 saturated heterocycles. The molecule has 4 heterocycles. The molecule has 30 heavy (non-hydrogen) atoms. The molecule has 3 aromatic heterocycles. The van der Waals surface area contributed by atoms with Gasteiger partial charge < -0.3 is 9.73 Å². The summed E-state index contributed by atoms with van der Waals surface area (Å²) in [5, 5.41) is 10.7. The van der Waals surface area contributed by atoms with Crippen molar-refractivity contribution in [2.45, 2.75) is 25.4 Å². The smallest absolute Gasteiger partial charge is 0.122 e. The summed E-state index contributed by atoms with van der Waals surface area (Å²) in [6.07, 6.45) is 6.46. The number of hydrogen-bond donors (Lipinski definition) is 1. The summed E-state index contributed by atoms with van der Waals surface area (Å²) in [7, 11) is 0. The van der Waals surface area contributed by atoms with Crippen LogP contribution in [0.5, 0.6) is 0 Å². The number of hydrogen-bond acceptors (Lipinski definition) is 5. The molecule has 154 valence electrons. The van der Waals surface area contributed by atoms with Gasteiger partial charge in [0.15, 0.2) is 0 Å². The molecule has 5 nitrogen and oxygen atoms in total. The van der Waals surface area contributed by atoms with Gasteiger partial charge in [-0.2, -0.15) is 5.10 Å². The minimum atomic E-state index is 0.275. The largest absolute Gasteiger partial charge is 0.468 e. The Hall–Kier alpha value is -2.67. The van der Waals surface area contributed by atoms with E-state index in [4.69, 9.17) is 9.52 Å². The van der Waals surface area contributed by atoms with Gasteiger partial charge in [0.2, 0.25) is 0 Å². The van der Waals surface area contributed by atoms with Crippen molar-refractivity contribution in [2.75, 3.05) is 19.6 Å². The van der Waals surface area contributed by atoms with Crippen LogP contribution in [0.1, 0.15) is 30.2 Å². The van der Waals surface area contributed by atoms with Crippen LogP contribution in [0.25, 0.3) is 16.3 Å². The van der Waals surface area contributed by atoms with E-state index in [1.165, 1.54) is 23.3 Å². The first-order chi connectivity index (χ1) is 14.9. The van der Waals surface area contributed by atoms with Crippen LogP contribution in [-0.4, -0.2) is 34.3 Å². The lowest BCUT2D eigenvalue weighted by Gasteiger charge is -2.26.